The Bertz CT molecular complexity index is 265. The van der Waals surface area contributed by atoms with Gasteiger partial charge in [0.25, 0.3) is 0 Å². The summed E-state index contributed by atoms with van der Waals surface area (Å²) in [5, 5.41) is 13.9. The van der Waals surface area contributed by atoms with E-state index in [0.29, 0.717) is 0 Å². The van der Waals surface area contributed by atoms with Crippen LogP contribution in [0, 0.1) is 5.41 Å². The van der Waals surface area contributed by atoms with Gasteiger partial charge in [-0.15, -0.1) is 0 Å². The van der Waals surface area contributed by atoms with Crippen molar-refractivity contribution >= 4 is 0 Å². The molecule has 3 atom stereocenters. The van der Waals surface area contributed by atoms with Gasteiger partial charge in [-0.05, 0) is 7.05 Å². The van der Waals surface area contributed by atoms with Crippen LogP contribution < -0.4 is 5.32 Å². The SMILES string of the molecule is CNC12CN3CCN(CC(C)(C3)C1O)C2. The predicted octanol–water partition coefficient (Wildman–Crippen LogP) is -1.04. The van der Waals surface area contributed by atoms with Crippen molar-refractivity contribution in [2.75, 3.05) is 46.3 Å². The summed E-state index contributed by atoms with van der Waals surface area (Å²) >= 11 is 0. The highest BCUT2D eigenvalue weighted by Crippen LogP contribution is 2.42. The van der Waals surface area contributed by atoms with E-state index in [1.54, 1.807) is 0 Å². The first-order valence-electron chi connectivity index (χ1n) is 5.90. The van der Waals surface area contributed by atoms with Gasteiger partial charge < -0.3 is 10.4 Å². The quantitative estimate of drug-likeness (QED) is 0.581. The van der Waals surface area contributed by atoms with Crippen molar-refractivity contribution in [3.63, 3.8) is 0 Å². The van der Waals surface area contributed by atoms with Gasteiger partial charge in [-0.1, -0.05) is 6.92 Å². The van der Waals surface area contributed by atoms with E-state index >= 15 is 0 Å². The molecule has 0 aromatic carbocycles. The summed E-state index contributed by atoms with van der Waals surface area (Å²) in [6, 6.07) is 0. The Hall–Kier alpha value is -0.160. The molecule has 0 amide bonds. The van der Waals surface area contributed by atoms with Gasteiger partial charge in [-0.3, -0.25) is 9.80 Å². The average Bonchev–Trinajstić information content (AvgIpc) is 2.41. The number of rotatable bonds is 1. The Labute approximate surface area is 91.2 Å². The number of nitrogens with one attached hydrogen (secondary N) is 1. The number of nitrogens with zero attached hydrogens (tertiary/aromatic N) is 2. The Morgan fingerprint density at radius 1 is 1.13 bits per heavy atom. The molecule has 0 saturated carbocycles. The zero-order valence-electron chi connectivity index (χ0n) is 9.66. The molecule has 4 aliphatic rings. The zero-order valence-corrected chi connectivity index (χ0v) is 9.66. The molecule has 0 radical (unpaired) electrons. The molecule has 4 rings (SSSR count). The first-order valence-corrected chi connectivity index (χ1v) is 5.90. The van der Waals surface area contributed by atoms with Crippen LogP contribution in [0.4, 0.5) is 0 Å². The molecule has 0 aromatic rings. The van der Waals surface area contributed by atoms with Crippen LogP contribution in [0.1, 0.15) is 6.92 Å². The zero-order chi connectivity index (χ0) is 10.7. The number of piperidine rings is 2. The summed E-state index contributed by atoms with van der Waals surface area (Å²) in [4.78, 5) is 5.02. The Balaban J connectivity index is 2.04. The highest BCUT2D eigenvalue weighted by Gasteiger charge is 2.58. The molecule has 15 heavy (non-hydrogen) atoms. The second-order valence-corrected chi connectivity index (χ2v) is 5.88. The molecule has 0 aliphatic carbocycles. The van der Waals surface area contributed by atoms with E-state index in [0.717, 1.165) is 39.3 Å². The fourth-order valence-corrected chi connectivity index (χ4v) is 3.94. The molecule has 0 aromatic heterocycles. The fraction of sp³-hybridized carbons (Fsp3) is 1.00. The lowest BCUT2D eigenvalue weighted by molar-refractivity contribution is -0.131. The van der Waals surface area contributed by atoms with E-state index in [2.05, 4.69) is 22.0 Å². The van der Waals surface area contributed by atoms with Crippen LogP contribution in [-0.4, -0.2) is 72.9 Å². The molecule has 4 heterocycles. The molecular weight excluding hydrogens is 190 g/mol. The molecule has 4 nitrogen and oxygen atoms in total. The minimum atomic E-state index is -0.208. The average molecular weight is 211 g/mol. The highest BCUT2D eigenvalue weighted by atomic mass is 16.3. The van der Waals surface area contributed by atoms with Gasteiger partial charge in [-0.2, -0.15) is 0 Å². The molecule has 0 spiro atoms. The van der Waals surface area contributed by atoms with Gasteiger partial charge in [0.05, 0.1) is 11.6 Å². The van der Waals surface area contributed by atoms with Crippen molar-refractivity contribution in [2.45, 2.75) is 18.6 Å². The molecule has 86 valence electrons. The van der Waals surface area contributed by atoms with Gasteiger partial charge in [0.1, 0.15) is 0 Å². The third-order valence-corrected chi connectivity index (χ3v) is 4.60. The highest BCUT2D eigenvalue weighted by molar-refractivity contribution is 5.15. The van der Waals surface area contributed by atoms with Crippen molar-refractivity contribution < 1.29 is 5.11 Å². The van der Waals surface area contributed by atoms with Gasteiger partial charge in [-0.25, -0.2) is 0 Å². The van der Waals surface area contributed by atoms with E-state index in [4.69, 9.17) is 0 Å². The molecule has 4 aliphatic heterocycles. The van der Waals surface area contributed by atoms with E-state index in [9.17, 15) is 5.11 Å². The van der Waals surface area contributed by atoms with Crippen molar-refractivity contribution in [3.8, 4) is 0 Å². The van der Waals surface area contributed by atoms with E-state index in [-0.39, 0.29) is 17.1 Å². The summed E-state index contributed by atoms with van der Waals surface area (Å²) < 4.78 is 0. The van der Waals surface area contributed by atoms with Crippen LogP contribution in [0.3, 0.4) is 0 Å². The topological polar surface area (TPSA) is 38.7 Å². The Morgan fingerprint density at radius 2 is 1.67 bits per heavy atom. The Morgan fingerprint density at radius 3 is 2.13 bits per heavy atom. The third kappa shape index (κ3) is 1.22. The van der Waals surface area contributed by atoms with Crippen LogP contribution in [0.5, 0.6) is 0 Å². The van der Waals surface area contributed by atoms with Gasteiger partial charge in [0.2, 0.25) is 0 Å². The summed E-state index contributed by atoms with van der Waals surface area (Å²) in [5.74, 6) is 0. The maximum Gasteiger partial charge on any atom is 0.0824 e. The van der Waals surface area contributed by atoms with Gasteiger partial charge in [0.15, 0.2) is 0 Å². The molecule has 4 saturated heterocycles. The maximum absolute atomic E-state index is 10.5. The first-order chi connectivity index (χ1) is 7.08. The molecule has 4 fully saturated rings. The largest absolute Gasteiger partial charge is 0.390 e. The lowest BCUT2D eigenvalue weighted by Crippen LogP contribution is -2.76. The predicted molar refractivity (Wildman–Crippen MR) is 58.8 cm³/mol. The number of hydrogen-bond acceptors (Lipinski definition) is 4. The van der Waals surface area contributed by atoms with Crippen LogP contribution >= 0.6 is 0 Å². The van der Waals surface area contributed by atoms with Gasteiger partial charge >= 0.3 is 0 Å². The summed E-state index contributed by atoms with van der Waals surface area (Å²) in [7, 11) is 1.99. The second-order valence-electron chi connectivity index (χ2n) is 5.88. The lowest BCUT2D eigenvalue weighted by Gasteiger charge is -2.58. The summed E-state index contributed by atoms with van der Waals surface area (Å²) in [5.41, 5.74) is -0.0439. The van der Waals surface area contributed by atoms with E-state index in [1.165, 1.54) is 0 Å². The third-order valence-electron chi connectivity index (χ3n) is 4.60. The van der Waals surface area contributed by atoms with Crippen LogP contribution in [0.2, 0.25) is 0 Å². The minimum absolute atomic E-state index is 0.0516. The van der Waals surface area contributed by atoms with Crippen molar-refractivity contribution in [3.05, 3.63) is 0 Å². The molecule has 4 heteroatoms. The van der Waals surface area contributed by atoms with Crippen LogP contribution in [-0.2, 0) is 0 Å². The molecule has 3 unspecified atom stereocenters. The minimum Gasteiger partial charge on any atom is -0.390 e. The second kappa shape index (κ2) is 2.94. The van der Waals surface area contributed by atoms with Crippen LogP contribution in [0.25, 0.3) is 0 Å². The van der Waals surface area contributed by atoms with Gasteiger partial charge in [0, 0.05) is 44.7 Å². The fourth-order valence-electron chi connectivity index (χ4n) is 3.94. The molecule has 2 N–H and O–H groups in total. The van der Waals surface area contributed by atoms with Crippen molar-refractivity contribution in [1.82, 2.24) is 15.1 Å². The van der Waals surface area contributed by atoms with Crippen LogP contribution in [0.15, 0.2) is 0 Å². The Kier molecular flexibility index (Phi) is 1.97. The molecule has 4 bridgehead atoms. The normalized spacial score (nSPS) is 58.2. The standard InChI is InChI=1S/C11H21N3O/c1-10-5-13-3-4-14(6-10)8-11(7-13,12-2)9(10)15/h9,12,15H,3-8H2,1-2H3. The number of aliphatic hydroxyl groups is 1. The molecular formula is C11H21N3O. The number of likely N-dealkylation sites (N-methyl/N-ethyl adjacent to an activating group) is 1. The number of hydrogen-bond donors (Lipinski definition) is 2. The smallest absolute Gasteiger partial charge is 0.0824 e. The lowest BCUT2D eigenvalue weighted by atomic mass is 9.67. The summed E-state index contributed by atoms with van der Waals surface area (Å²) in [6.07, 6.45) is -0.208. The summed E-state index contributed by atoms with van der Waals surface area (Å²) in [6.45, 7) is 8.64. The monoisotopic (exact) mass is 211 g/mol. The first kappa shape index (κ1) is 10.0. The number of aliphatic hydroxyl groups excluding tert-OH is 1. The van der Waals surface area contributed by atoms with E-state index < -0.39 is 0 Å². The maximum atomic E-state index is 10.5. The van der Waals surface area contributed by atoms with Crippen molar-refractivity contribution in [1.29, 1.82) is 0 Å². The van der Waals surface area contributed by atoms with Crippen molar-refractivity contribution in [2.24, 2.45) is 5.41 Å². The van der Waals surface area contributed by atoms with E-state index in [1.807, 2.05) is 7.05 Å². The number of fused-ring (bicyclic) bond motifs is 1.